The molecule has 0 radical (unpaired) electrons. The highest BCUT2D eigenvalue weighted by molar-refractivity contribution is 7.79. The highest BCUT2D eigenvalue weighted by Crippen LogP contribution is 2.43. The molecule has 0 saturated carbocycles. The molecule has 68 heavy (non-hydrogen) atoms. The van der Waals surface area contributed by atoms with Gasteiger partial charge in [-0.15, -0.1) is 0 Å². The smallest absolute Gasteiger partial charge is 0.260 e. The molecule has 2 N–H and O–H groups in total. The number of rotatable bonds is 14. The van der Waals surface area contributed by atoms with Crippen LogP contribution in [0.2, 0.25) is 0 Å². The van der Waals surface area contributed by atoms with E-state index in [4.69, 9.17) is 18.9 Å². The Kier molecular flexibility index (Phi) is 13.4. The van der Waals surface area contributed by atoms with E-state index in [1.54, 1.807) is 23.1 Å². The third-order valence-electron chi connectivity index (χ3n) is 13.2. The molecule has 15 heteroatoms. The number of aromatic nitrogens is 1. The summed E-state index contributed by atoms with van der Waals surface area (Å²) in [5.41, 5.74) is 8.25. The first-order valence-corrected chi connectivity index (χ1v) is 24.4. The van der Waals surface area contributed by atoms with Crippen LogP contribution in [0.5, 0.6) is 17.2 Å². The number of ether oxygens (including phenoxy) is 4. The molecule has 3 amide bonds. The predicted octanol–water partition coefficient (Wildman–Crippen LogP) is 7.45. The fourth-order valence-electron chi connectivity index (χ4n) is 9.75. The first-order valence-electron chi connectivity index (χ1n) is 23.1. The first kappa shape index (κ1) is 45.0. The van der Waals surface area contributed by atoms with Crippen molar-refractivity contribution in [2.24, 2.45) is 0 Å². The van der Waals surface area contributed by atoms with Gasteiger partial charge in [-0.25, -0.2) is 4.21 Å². The molecular weight excluding hydrogens is 883 g/mol. The van der Waals surface area contributed by atoms with E-state index in [2.05, 4.69) is 33.0 Å². The molecule has 10 rings (SSSR count). The van der Waals surface area contributed by atoms with Gasteiger partial charge in [-0.05, 0) is 103 Å². The maximum Gasteiger partial charge on any atom is 0.260 e. The van der Waals surface area contributed by atoms with Crippen LogP contribution in [-0.4, -0.2) is 92.4 Å². The molecular formula is C53H53N5O9S. The number of benzene rings is 5. The maximum atomic E-state index is 15.5. The van der Waals surface area contributed by atoms with Gasteiger partial charge in [-0.1, -0.05) is 66.7 Å². The lowest BCUT2D eigenvalue weighted by atomic mass is 9.92. The Morgan fingerprint density at radius 3 is 2.34 bits per heavy atom. The highest BCUT2D eigenvalue weighted by Gasteiger charge is 2.36. The molecule has 14 nitrogen and oxygen atoms in total. The number of carbonyl (C=O) groups excluding carboxylic acids is 3. The minimum Gasteiger partial charge on any atom is -0.489 e. The molecule has 1 fully saturated rings. The van der Waals surface area contributed by atoms with Crippen molar-refractivity contribution in [3.8, 4) is 28.5 Å². The molecule has 1 saturated heterocycles. The van der Waals surface area contributed by atoms with Gasteiger partial charge in [0.15, 0.2) is 22.6 Å². The molecule has 5 aromatic carbocycles. The van der Waals surface area contributed by atoms with Crippen LogP contribution in [0.4, 0.5) is 5.69 Å². The Hall–Kier alpha value is -6.78. The summed E-state index contributed by atoms with van der Waals surface area (Å²) in [6.45, 7) is 5.28. The normalized spacial score (nSPS) is 16.9. The Morgan fingerprint density at radius 1 is 0.794 bits per heavy atom. The number of morpholine rings is 1. The van der Waals surface area contributed by atoms with Crippen molar-refractivity contribution in [3.63, 3.8) is 0 Å². The van der Waals surface area contributed by atoms with Gasteiger partial charge < -0.3 is 43.2 Å². The van der Waals surface area contributed by atoms with Gasteiger partial charge in [0, 0.05) is 67.0 Å². The van der Waals surface area contributed by atoms with Crippen LogP contribution in [0.3, 0.4) is 0 Å². The van der Waals surface area contributed by atoms with E-state index < -0.39 is 22.9 Å². The Balaban J connectivity index is 1.02. The van der Waals surface area contributed by atoms with Gasteiger partial charge >= 0.3 is 0 Å². The molecule has 350 valence electrons. The molecule has 1 aromatic heterocycles. The van der Waals surface area contributed by atoms with E-state index in [0.717, 1.165) is 61.4 Å². The fourth-order valence-corrected chi connectivity index (χ4v) is 10.0. The molecule has 4 aliphatic rings. The average Bonchev–Trinajstić information content (AvgIpc) is 4.01. The van der Waals surface area contributed by atoms with E-state index in [1.165, 1.54) is 5.56 Å². The summed E-state index contributed by atoms with van der Waals surface area (Å²) in [4.78, 5) is 50.0. The standard InChI is InChI=1S/C53H53N5O9S/c59-51(54-34-68(62)63)39-14-8-11-37(25-39)30-57(41-16-18-43(19-17-41)65-33-36-9-2-1-3-10-36)53(61)46-27-48(56-20-7-6-15-47(46)56)44-28-49-50(67-35-66-49)29-45(44)52(60)58-31-40-13-5-4-12-38(40)26-42(58)32-55-21-23-64-24-22-55/h1-5,8-14,16-19,25,27-29,42H,6-7,15,20-24,26,30-35H2,(H,54,59)(H,62,63)/t42-/m0/s1. The van der Waals surface area contributed by atoms with Crippen molar-refractivity contribution in [3.05, 3.63) is 166 Å². The van der Waals surface area contributed by atoms with Crippen LogP contribution in [0.25, 0.3) is 11.3 Å². The molecule has 0 aliphatic carbocycles. The van der Waals surface area contributed by atoms with Crippen molar-refractivity contribution in [2.75, 3.05) is 50.4 Å². The summed E-state index contributed by atoms with van der Waals surface area (Å²) in [7, 11) is 0. The number of nitrogens with zero attached hydrogens (tertiary/aromatic N) is 4. The van der Waals surface area contributed by atoms with Gasteiger partial charge in [0.25, 0.3) is 17.7 Å². The van der Waals surface area contributed by atoms with Crippen molar-refractivity contribution in [1.29, 1.82) is 0 Å². The van der Waals surface area contributed by atoms with E-state index in [-0.39, 0.29) is 36.8 Å². The van der Waals surface area contributed by atoms with Crippen LogP contribution in [-0.2, 0) is 54.9 Å². The number of carbonyl (C=O) groups is 3. The lowest BCUT2D eigenvalue weighted by Crippen LogP contribution is -2.52. The number of hydrogen-bond donors (Lipinski definition) is 2. The summed E-state index contributed by atoms with van der Waals surface area (Å²) >= 11 is -2.21. The first-order chi connectivity index (χ1) is 33.3. The van der Waals surface area contributed by atoms with Gasteiger partial charge in [-0.3, -0.25) is 19.3 Å². The summed E-state index contributed by atoms with van der Waals surface area (Å²) in [5.74, 6) is 0.393. The summed E-state index contributed by atoms with van der Waals surface area (Å²) in [6, 6.07) is 38.0. The van der Waals surface area contributed by atoms with Gasteiger partial charge in [0.05, 0.1) is 30.9 Å². The van der Waals surface area contributed by atoms with Crippen molar-refractivity contribution >= 4 is 34.5 Å². The van der Waals surface area contributed by atoms with E-state index in [0.29, 0.717) is 84.5 Å². The van der Waals surface area contributed by atoms with E-state index >= 15 is 9.59 Å². The van der Waals surface area contributed by atoms with Crippen molar-refractivity contribution in [2.45, 2.75) is 58.0 Å². The molecule has 5 heterocycles. The SMILES string of the molecule is O=C(NCS(=O)O)c1cccc(CN(C(=O)c2cc(-c3cc4c(cc3C(=O)N3Cc5ccccc5C[C@H]3CN3CCOCC3)OCO4)n3c2CCCC3)c2ccc(OCc3ccccc3)cc2)c1. The molecule has 0 spiro atoms. The third kappa shape index (κ3) is 9.79. The zero-order chi connectivity index (χ0) is 46.6. The number of hydrogen-bond acceptors (Lipinski definition) is 9. The molecule has 0 bridgehead atoms. The third-order valence-corrected chi connectivity index (χ3v) is 13.6. The highest BCUT2D eigenvalue weighted by atomic mass is 32.2. The Morgan fingerprint density at radius 2 is 1.54 bits per heavy atom. The largest absolute Gasteiger partial charge is 0.489 e. The fraction of sp³-hybridized carbons (Fsp3) is 0.302. The predicted molar refractivity (Wildman–Crippen MR) is 257 cm³/mol. The second kappa shape index (κ2) is 20.2. The molecule has 2 atom stereocenters. The Labute approximate surface area is 397 Å². The molecule has 6 aromatic rings. The lowest BCUT2D eigenvalue weighted by molar-refractivity contribution is 0.0193. The molecule has 1 unspecified atom stereocenters. The van der Waals surface area contributed by atoms with Gasteiger partial charge in [0.2, 0.25) is 6.79 Å². The van der Waals surface area contributed by atoms with Gasteiger partial charge in [-0.2, -0.15) is 0 Å². The minimum absolute atomic E-state index is 0.0357. The average molecular weight is 936 g/mol. The van der Waals surface area contributed by atoms with Gasteiger partial charge in [0.1, 0.15) is 18.2 Å². The quantitative estimate of drug-likeness (QED) is 0.105. The van der Waals surface area contributed by atoms with Crippen LogP contribution < -0.4 is 24.4 Å². The number of nitrogens with one attached hydrogen (secondary N) is 1. The summed E-state index contributed by atoms with van der Waals surface area (Å²) in [5, 5.41) is 2.48. The van der Waals surface area contributed by atoms with Crippen LogP contribution >= 0.6 is 0 Å². The summed E-state index contributed by atoms with van der Waals surface area (Å²) < 4.78 is 46.5. The zero-order valence-corrected chi connectivity index (χ0v) is 38.5. The summed E-state index contributed by atoms with van der Waals surface area (Å²) in [6.07, 6.45) is 3.16. The second-order valence-electron chi connectivity index (χ2n) is 17.6. The molecule has 4 aliphatic heterocycles. The minimum atomic E-state index is -2.21. The number of amides is 3. The zero-order valence-electron chi connectivity index (χ0n) is 37.6. The second-order valence-corrected chi connectivity index (χ2v) is 18.5. The van der Waals surface area contributed by atoms with E-state index in [1.807, 2.05) is 89.8 Å². The van der Waals surface area contributed by atoms with Crippen molar-refractivity contribution in [1.82, 2.24) is 19.7 Å². The maximum absolute atomic E-state index is 15.5. The monoisotopic (exact) mass is 935 g/mol. The van der Waals surface area contributed by atoms with Crippen LogP contribution in [0, 0.1) is 0 Å². The van der Waals surface area contributed by atoms with Crippen LogP contribution in [0.1, 0.15) is 71.9 Å². The Bertz CT molecular complexity index is 2850. The van der Waals surface area contributed by atoms with Crippen LogP contribution in [0.15, 0.2) is 121 Å². The number of anilines is 1. The van der Waals surface area contributed by atoms with Crippen molar-refractivity contribution < 1.29 is 42.1 Å². The lowest BCUT2D eigenvalue weighted by Gasteiger charge is -2.40. The topological polar surface area (TPSA) is 152 Å². The van der Waals surface area contributed by atoms with E-state index in [9.17, 15) is 13.6 Å². The number of fused-ring (bicyclic) bond motifs is 3.